The molecule has 1 aliphatic rings. The van der Waals surface area contributed by atoms with Gasteiger partial charge in [-0.25, -0.2) is 4.79 Å². The standard InChI is InChI=1S/C22H25NO4/c1-2-16-10-12-18(13-11-16)26-15-22(25)27-14-21(24)23-20-9-5-7-17-6-3-4-8-19(17)20/h3-4,6,8,10-13,20H,2,5,7,9,14-15H2,1H3,(H,23,24)/t20-/m1/s1. The maximum Gasteiger partial charge on any atom is 0.344 e. The molecule has 0 radical (unpaired) electrons. The zero-order valence-corrected chi connectivity index (χ0v) is 15.6. The summed E-state index contributed by atoms with van der Waals surface area (Å²) in [4.78, 5) is 23.9. The van der Waals surface area contributed by atoms with Crippen LogP contribution in [0.15, 0.2) is 48.5 Å². The third kappa shape index (κ3) is 5.33. The first-order valence-corrected chi connectivity index (χ1v) is 9.40. The fourth-order valence-corrected chi connectivity index (χ4v) is 3.29. The molecule has 0 fully saturated rings. The first-order chi connectivity index (χ1) is 13.2. The van der Waals surface area contributed by atoms with E-state index in [9.17, 15) is 9.59 Å². The maximum atomic E-state index is 12.1. The minimum absolute atomic E-state index is 0.0190. The van der Waals surface area contributed by atoms with Crippen LogP contribution < -0.4 is 10.1 Å². The van der Waals surface area contributed by atoms with E-state index in [4.69, 9.17) is 9.47 Å². The van der Waals surface area contributed by atoms with E-state index in [1.54, 1.807) is 0 Å². The van der Waals surface area contributed by atoms with E-state index < -0.39 is 5.97 Å². The second-order valence-corrected chi connectivity index (χ2v) is 6.66. The quantitative estimate of drug-likeness (QED) is 0.762. The first kappa shape index (κ1) is 19.0. The van der Waals surface area contributed by atoms with E-state index in [1.807, 2.05) is 42.5 Å². The van der Waals surface area contributed by atoms with Gasteiger partial charge in [-0.15, -0.1) is 0 Å². The van der Waals surface area contributed by atoms with Gasteiger partial charge in [0.2, 0.25) is 0 Å². The lowest BCUT2D eigenvalue weighted by Crippen LogP contribution is -2.34. The SMILES string of the molecule is CCc1ccc(OCC(=O)OCC(=O)N[C@@H]2CCCc3ccccc32)cc1. The average Bonchev–Trinajstić information content (AvgIpc) is 2.71. The number of benzene rings is 2. The predicted octanol–water partition coefficient (Wildman–Crippen LogP) is 3.36. The Morgan fingerprint density at radius 2 is 1.85 bits per heavy atom. The van der Waals surface area contributed by atoms with Gasteiger partial charge in [-0.1, -0.05) is 43.3 Å². The van der Waals surface area contributed by atoms with E-state index in [-0.39, 0.29) is 25.2 Å². The molecule has 1 atom stereocenters. The second-order valence-electron chi connectivity index (χ2n) is 6.66. The molecule has 1 aliphatic carbocycles. The second kappa shape index (κ2) is 9.21. The number of ether oxygens (including phenoxy) is 2. The van der Waals surface area contributed by atoms with Crippen molar-refractivity contribution in [1.29, 1.82) is 0 Å². The van der Waals surface area contributed by atoms with Crippen LogP contribution in [0.2, 0.25) is 0 Å². The van der Waals surface area contributed by atoms with Gasteiger partial charge in [-0.2, -0.15) is 0 Å². The molecule has 5 heteroatoms. The van der Waals surface area contributed by atoms with Crippen LogP contribution in [0.25, 0.3) is 0 Å². The zero-order chi connectivity index (χ0) is 19.1. The number of amides is 1. The van der Waals surface area contributed by atoms with E-state index in [1.165, 1.54) is 11.1 Å². The number of rotatable bonds is 7. The number of carbonyl (C=O) groups is 2. The van der Waals surface area contributed by atoms with Gasteiger partial charge >= 0.3 is 5.97 Å². The molecule has 1 amide bonds. The Labute approximate surface area is 159 Å². The van der Waals surface area contributed by atoms with Crippen LogP contribution in [0.1, 0.15) is 42.5 Å². The molecule has 142 valence electrons. The summed E-state index contributed by atoms with van der Waals surface area (Å²) in [6.07, 6.45) is 3.91. The lowest BCUT2D eigenvalue weighted by Gasteiger charge is -2.26. The van der Waals surface area contributed by atoms with Gasteiger partial charge in [0.15, 0.2) is 13.2 Å². The van der Waals surface area contributed by atoms with E-state index in [0.717, 1.165) is 31.2 Å². The zero-order valence-electron chi connectivity index (χ0n) is 15.6. The molecule has 0 bridgehead atoms. The van der Waals surface area contributed by atoms with Crippen molar-refractivity contribution >= 4 is 11.9 Å². The Hall–Kier alpha value is -2.82. The van der Waals surface area contributed by atoms with Gasteiger partial charge in [-0.05, 0) is 54.5 Å². The topological polar surface area (TPSA) is 64.6 Å². The summed E-state index contributed by atoms with van der Waals surface area (Å²) in [6, 6.07) is 15.7. The maximum absolute atomic E-state index is 12.1. The van der Waals surface area contributed by atoms with Crippen molar-refractivity contribution < 1.29 is 19.1 Å². The third-order valence-corrected chi connectivity index (χ3v) is 4.76. The van der Waals surface area contributed by atoms with Crippen molar-refractivity contribution in [2.45, 2.75) is 38.6 Å². The number of carbonyl (C=O) groups excluding carboxylic acids is 2. The summed E-state index contributed by atoms with van der Waals surface area (Å²) in [5.41, 5.74) is 3.63. The van der Waals surface area contributed by atoms with Crippen molar-refractivity contribution in [2.75, 3.05) is 13.2 Å². The van der Waals surface area contributed by atoms with Gasteiger partial charge in [-0.3, -0.25) is 4.79 Å². The van der Waals surface area contributed by atoms with Gasteiger partial charge in [0.25, 0.3) is 5.91 Å². The van der Waals surface area contributed by atoms with Gasteiger partial charge in [0.05, 0.1) is 6.04 Å². The highest BCUT2D eigenvalue weighted by atomic mass is 16.6. The Bertz CT molecular complexity index is 785. The molecule has 0 heterocycles. The lowest BCUT2D eigenvalue weighted by molar-refractivity contribution is -0.150. The molecular weight excluding hydrogens is 342 g/mol. The Morgan fingerprint density at radius 1 is 1.07 bits per heavy atom. The molecule has 27 heavy (non-hydrogen) atoms. The van der Waals surface area contributed by atoms with Crippen molar-refractivity contribution in [1.82, 2.24) is 5.32 Å². The molecule has 5 nitrogen and oxygen atoms in total. The van der Waals surface area contributed by atoms with E-state index >= 15 is 0 Å². The molecule has 2 aromatic carbocycles. The fraction of sp³-hybridized carbons (Fsp3) is 0.364. The summed E-state index contributed by atoms with van der Waals surface area (Å²) < 4.78 is 10.4. The van der Waals surface area contributed by atoms with Crippen LogP contribution in [0.5, 0.6) is 5.75 Å². The van der Waals surface area contributed by atoms with Crippen LogP contribution in [-0.4, -0.2) is 25.1 Å². The molecule has 0 saturated carbocycles. The third-order valence-electron chi connectivity index (χ3n) is 4.76. The Balaban J connectivity index is 1.42. The summed E-state index contributed by atoms with van der Waals surface area (Å²) in [6.45, 7) is 1.56. The van der Waals surface area contributed by atoms with Crippen molar-refractivity contribution in [3.8, 4) is 5.75 Å². The number of fused-ring (bicyclic) bond motifs is 1. The highest BCUT2D eigenvalue weighted by Crippen LogP contribution is 2.29. The molecule has 0 aromatic heterocycles. The molecular formula is C22H25NO4. The number of hydrogen-bond donors (Lipinski definition) is 1. The largest absolute Gasteiger partial charge is 0.482 e. The van der Waals surface area contributed by atoms with Crippen molar-refractivity contribution in [3.63, 3.8) is 0 Å². The van der Waals surface area contributed by atoms with Crippen molar-refractivity contribution in [3.05, 3.63) is 65.2 Å². The highest BCUT2D eigenvalue weighted by molar-refractivity contribution is 5.81. The molecule has 0 spiro atoms. The minimum atomic E-state index is -0.561. The molecule has 1 N–H and O–H groups in total. The van der Waals surface area contributed by atoms with Crippen LogP contribution in [0, 0.1) is 0 Å². The van der Waals surface area contributed by atoms with Gasteiger partial charge in [0, 0.05) is 0 Å². The van der Waals surface area contributed by atoms with E-state index in [0.29, 0.717) is 5.75 Å². The van der Waals surface area contributed by atoms with E-state index in [2.05, 4.69) is 18.3 Å². The molecule has 0 aliphatic heterocycles. The lowest BCUT2D eigenvalue weighted by atomic mass is 9.88. The number of nitrogens with one attached hydrogen (secondary N) is 1. The molecule has 3 rings (SSSR count). The van der Waals surface area contributed by atoms with Crippen LogP contribution in [0.3, 0.4) is 0 Å². The molecule has 2 aromatic rings. The Kier molecular flexibility index (Phi) is 6.47. The molecule has 0 unspecified atom stereocenters. The fourth-order valence-electron chi connectivity index (χ4n) is 3.29. The smallest absolute Gasteiger partial charge is 0.344 e. The average molecular weight is 367 g/mol. The molecule has 0 saturated heterocycles. The van der Waals surface area contributed by atoms with Crippen LogP contribution in [0.4, 0.5) is 0 Å². The number of hydrogen-bond acceptors (Lipinski definition) is 4. The minimum Gasteiger partial charge on any atom is -0.482 e. The predicted molar refractivity (Wildman–Crippen MR) is 103 cm³/mol. The number of aryl methyl sites for hydroxylation is 2. The van der Waals surface area contributed by atoms with Crippen LogP contribution >= 0.6 is 0 Å². The Morgan fingerprint density at radius 3 is 2.63 bits per heavy atom. The van der Waals surface area contributed by atoms with Gasteiger partial charge in [0.1, 0.15) is 5.75 Å². The van der Waals surface area contributed by atoms with Crippen molar-refractivity contribution in [2.24, 2.45) is 0 Å². The first-order valence-electron chi connectivity index (χ1n) is 9.40. The van der Waals surface area contributed by atoms with Crippen LogP contribution in [-0.2, 0) is 27.2 Å². The summed E-state index contributed by atoms with van der Waals surface area (Å²) in [7, 11) is 0. The monoisotopic (exact) mass is 367 g/mol. The number of esters is 1. The van der Waals surface area contributed by atoms with Gasteiger partial charge < -0.3 is 14.8 Å². The highest BCUT2D eigenvalue weighted by Gasteiger charge is 2.21. The summed E-state index contributed by atoms with van der Waals surface area (Å²) in [5, 5.41) is 2.96. The summed E-state index contributed by atoms with van der Waals surface area (Å²) in [5.74, 6) is -0.251. The normalized spacial score (nSPS) is 15.5. The summed E-state index contributed by atoms with van der Waals surface area (Å²) >= 11 is 0.